The summed E-state index contributed by atoms with van der Waals surface area (Å²) < 4.78 is 9.93. The topological polar surface area (TPSA) is 117 Å². The van der Waals surface area contributed by atoms with Gasteiger partial charge in [-0.05, 0) is 38.8 Å². The molecule has 34 heavy (non-hydrogen) atoms. The number of fused-ring (bicyclic) bond motifs is 2. The van der Waals surface area contributed by atoms with E-state index < -0.39 is 11.2 Å². The highest BCUT2D eigenvalue weighted by atomic mass is 16.5. The molecule has 0 radical (unpaired) electrons. The van der Waals surface area contributed by atoms with Crippen molar-refractivity contribution >= 4 is 28.1 Å². The van der Waals surface area contributed by atoms with Crippen molar-refractivity contribution < 1.29 is 4.52 Å². The van der Waals surface area contributed by atoms with Crippen molar-refractivity contribution in [2.24, 2.45) is 12.8 Å². The van der Waals surface area contributed by atoms with Crippen LogP contribution in [-0.2, 0) is 20.1 Å². The first-order valence-electron chi connectivity index (χ1n) is 11.5. The largest absolute Gasteiger partial charge is 0.356 e. The summed E-state index contributed by atoms with van der Waals surface area (Å²) in [6, 6.07) is 7.44. The van der Waals surface area contributed by atoms with Crippen LogP contribution in [0.25, 0.3) is 22.1 Å². The molecule has 1 aliphatic heterocycles. The van der Waals surface area contributed by atoms with Crippen LogP contribution in [-0.4, -0.2) is 43.0 Å². The Morgan fingerprint density at radius 2 is 2.03 bits per heavy atom. The number of rotatable bonds is 5. The Kier molecular flexibility index (Phi) is 5.60. The van der Waals surface area contributed by atoms with Crippen LogP contribution in [0.3, 0.4) is 0 Å². The van der Waals surface area contributed by atoms with Crippen molar-refractivity contribution in [1.29, 1.82) is 0 Å². The van der Waals surface area contributed by atoms with Gasteiger partial charge in [0.2, 0.25) is 5.95 Å². The lowest BCUT2D eigenvalue weighted by Crippen LogP contribution is -2.44. The van der Waals surface area contributed by atoms with Gasteiger partial charge in [0.05, 0.1) is 6.54 Å². The molecule has 0 spiro atoms. The summed E-state index contributed by atoms with van der Waals surface area (Å²) in [4.78, 5) is 33.9. The summed E-state index contributed by atoms with van der Waals surface area (Å²) in [6.45, 7) is 5.97. The van der Waals surface area contributed by atoms with Crippen molar-refractivity contribution in [2.75, 3.05) is 18.0 Å². The molecule has 0 bridgehead atoms. The molecule has 10 heteroatoms. The third-order valence-electron chi connectivity index (χ3n) is 6.40. The molecule has 0 aliphatic carbocycles. The second-order valence-corrected chi connectivity index (χ2v) is 9.18. The Balaban J connectivity index is 1.71. The zero-order valence-electron chi connectivity index (χ0n) is 19.7. The van der Waals surface area contributed by atoms with Gasteiger partial charge in [-0.25, -0.2) is 4.79 Å². The highest BCUT2D eigenvalue weighted by Crippen LogP contribution is 2.24. The zero-order valence-corrected chi connectivity index (χ0v) is 19.7. The SMILES string of the molecule is CC(C)=CCn1c(N2CCCC(N)C2)nc2c1c(=O)n(Cc1noc3ccccc13)c(=O)n2C. The minimum atomic E-state index is -0.446. The van der Waals surface area contributed by atoms with Gasteiger partial charge in [0.15, 0.2) is 16.7 Å². The van der Waals surface area contributed by atoms with Crippen LogP contribution in [0.15, 0.2) is 50.0 Å². The van der Waals surface area contributed by atoms with Crippen LogP contribution in [0.4, 0.5) is 5.95 Å². The molecule has 1 atom stereocenters. The molecule has 1 unspecified atom stereocenters. The summed E-state index contributed by atoms with van der Waals surface area (Å²) in [6.07, 6.45) is 3.96. The normalized spacial score (nSPS) is 16.5. The van der Waals surface area contributed by atoms with E-state index in [1.807, 2.05) is 36.6 Å². The Bertz CT molecular complexity index is 1520. The number of imidazole rings is 1. The molecule has 178 valence electrons. The number of hydrogen-bond donors (Lipinski definition) is 1. The first-order chi connectivity index (χ1) is 16.3. The number of aryl methyl sites for hydroxylation is 1. The average molecular weight is 464 g/mol. The van der Waals surface area contributed by atoms with Gasteiger partial charge in [0.1, 0.15) is 5.69 Å². The van der Waals surface area contributed by atoms with E-state index in [0.29, 0.717) is 41.5 Å². The van der Waals surface area contributed by atoms with Crippen molar-refractivity contribution in [3.05, 3.63) is 62.4 Å². The van der Waals surface area contributed by atoms with Gasteiger partial charge < -0.3 is 19.7 Å². The van der Waals surface area contributed by atoms with E-state index in [1.165, 1.54) is 9.13 Å². The van der Waals surface area contributed by atoms with Crippen LogP contribution in [0.2, 0.25) is 0 Å². The van der Waals surface area contributed by atoms with Gasteiger partial charge in [-0.1, -0.05) is 28.9 Å². The number of allylic oxidation sites excluding steroid dienone is 2. The lowest BCUT2D eigenvalue weighted by Gasteiger charge is -2.31. The van der Waals surface area contributed by atoms with Crippen LogP contribution >= 0.6 is 0 Å². The predicted octanol–water partition coefficient (Wildman–Crippen LogP) is 1.98. The third-order valence-corrected chi connectivity index (χ3v) is 6.40. The molecule has 3 aromatic heterocycles. The zero-order chi connectivity index (χ0) is 24.0. The van der Waals surface area contributed by atoms with Crippen LogP contribution in [0.5, 0.6) is 0 Å². The predicted molar refractivity (Wildman–Crippen MR) is 131 cm³/mol. The molecule has 1 saturated heterocycles. The Labute approximate surface area is 195 Å². The first-order valence-corrected chi connectivity index (χ1v) is 11.5. The van der Waals surface area contributed by atoms with E-state index in [2.05, 4.69) is 16.1 Å². The molecule has 2 N–H and O–H groups in total. The fraction of sp³-hybridized carbons (Fsp3) is 0.417. The van der Waals surface area contributed by atoms with E-state index in [4.69, 9.17) is 15.2 Å². The van der Waals surface area contributed by atoms with Gasteiger partial charge in [-0.2, -0.15) is 4.98 Å². The molecule has 0 amide bonds. The second-order valence-electron chi connectivity index (χ2n) is 9.18. The lowest BCUT2D eigenvalue weighted by molar-refractivity contribution is 0.441. The van der Waals surface area contributed by atoms with Crippen molar-refractivity contribution in [3.63, 3.8) is 0 Å². The maximum absolute atomic E-state index is 13.8. The maximum Gasteiger partial charge on any atom is 0.332 e. The molecule has 0 saturated carbocycles. The maximum atomic E-state index is 13.8. The van der Waals surface area contributed by atoms with E-state index in [9.17, 15) is 9.59 Å². The summed E-state index contributed by atoms with van der Waals surface area (Å²) >= 11 is 0. The Hall–Kier alpha value is -3.66. The van der Waals surface area contributed by atoms with Crippen molar-refractivity contribution in [3.8, 4) is 0 Å². The molecular formula is C24H29N7O3. The van der Waals surface area contributed by atoms with E-state index >= 15 is 0 Å². The van der Waals surface area contributed by atoms with E-state index in [0.717, 1.165) is 30.3 Å². The number of benzene rings is 1. The highest BCUT2D eigenvalue weighted by molar-refractivity contribution is 5.79. The number of nitrogens with zero attached hydrogens (tertiary/aromatic N) is 6. The molecule has 4 heterocycles. The molecule has 4 aromatic rings. The quantitative estimate of drug-likeness (QED) is 0.450. The van der Waals surface area contributed by atoms with Gasteiger partial charge in [-0.15, -0.1) is 0 Å². The summed E-state index contributed by atoms with van der Waals surface area (Å²) in [5, 5.41) is 4.89. The van der Waals surface area contributed by atoms with E-state index in [-0.39, 0.29) is 12.6 Å². The number of aromatic nitrogens is 5. The highest BCUT2D eigenvalue weighted by Gasteiger charge is 2.26. The molecule has 10 nitrogen and oxygen atoms in total. The molecule has 1 aromatic carbocycles. The third kappa shape index (κ3) is 3.73. The standard InChI is InChI=1S/C24H29N7O3/c1-15(2)10-12-30-20-21(26-23(30)29-11-6-7-16(25)13-29)28(3)24(33)31(22(20)32)14-18-17-8-4-5-9-19(17)34-27-18/h4-5,8-10,16H,6-7,11-14,25H2,1-3H3. The number of piperidine rings is 1. The van der Waals surface area contributed by atoms with Gasteiger partial charge >= 0.3 is 5.69 Å². The van der Waals surface area contributed by atoms with Crippen molar-refractivity contribution in [1.82, 2.24) is 23.8 Å². The summed E-state index contributed by atoms with van der Waals surface area (Å²) in [7, 11) is 1.64. The lowest BCUT2D eigenvalue weighted by atomic mass is 10.1. The Morgan fingerprint density at radius 1 is 1.24 bits per heavy atom. The smallest absolute Gasteiger partial charge is 0.332 e. The van der Waals surface area contributed by atoms with Gasteiger partial charge in [0, 0.05) is 38.1 Å². The van der Waals surface area contributed by atoms with E-state index in [1.54, 1.807) is 13.1 Å². The minimum Gasteiger partial charge on any atom is -0.356 e. The Morgan fingerprint density at radius 3 is 2.79 bits per heavy atom. The number of anilines is 1. The number of para-hydroxylation sites is 1. The minimum absolute atomic E-state index is 0.0101. The molecule has 1 aliphatic rings. The fourth-order valence-electron chi connectivity index (χ4n) is 4.58. The van der Waals surface area contributed by atoms with Crippen LogP contribution in [0, 0.1) is 0 Å². The summed E-state index contributed by atoms with van der Waals surface area (Å²) in [5.74, 6) is 0.666. The number of hydrogen-bond acceptors (Lipinski definition) is 7. The average Bonchev–Trinajstić information content (AvgIpc) is 3.41. The first kappa shape index (κ1) is 22.1. The monoisotopic (exact) mass is 463 g/mol. The molecule has 5 rings (SSSR count). The second kappa shape index (κ2) is 8.60. The van der Waals surface area contributed by atoms with Gasteiger partial charge in [0.25, 0.3) is 5.56 Å². The van der Waals surface area contributed by atoms with Crippen molar-refractivity contribution in [2.45, 2.75) is 45.8 Å². The van der Waals surface area contributed by atoms with Crippen LogP contribution in [0.1, 0.15) is 32.4 Å². The van der Waals surface area contributed by atoms with Crippen LogP contribution < -0.4 is 21.9 Å². The summed E-state index contributed by atoms with van der Waals surface area (Å²) in [5.41, 5.74) is 8.42. The fourth-order valence-corrected chi connectivity index (χ4v) is 4.58. The molecular weight excluding hydrogens is 434 g/mol. The molecule has 1 fully saturated rings. The van der Waals surface area contributed by atoms with Gasteiger partial charge in [-0.3, -0.25) is 13.9 Å². The number of nitrogens with two attached hydrogens (primary N) is 1.